The average molecular weight is 335 g/mol. The number of hydrogen-bond acceptors (Lipinski definition) is 7. The summed E-state index contributed by atoms with van der Waals surface area (Å²) < 4.78 is 9.31. The molecule has 0 radical (unpaired) electrons. The fourth-order valence-corrected chi connectivity index (χ4v) is 3.44. The second-order valence-corrected chi connectivity index (χ2v) is 6.60. The molecule has 0 N–H and O–H groups in total. The summed E-state index contributed by atoms with van der Waals surface area (Å²) in [5.74, 6) is 1.25. The monoisotopic (exact) mass is 335 g/mol. The minimum Gasteiger partial charge on any atom is -0.337 e. The lowest BCUT2D eigenvalue weighted by atomic mass is 10.0. The molecule has 0 spiro atoms. The van der Waals surface area contributed by atoms with Crippen LogP contribution in [0, 0.1) is 6.92 Å². The Bertz CT molecular complexity index is 668. The molecule has 1 aliphatic heterocycles. The average Bonchev–Trinajstić information content (AvgIpc) is 3.21. The topological polar surface area (TPSA) is 85.0 Å². The Morgan fingerprint density at radius 2 is 2.30 bits per heavy atom. The highest BCUT2D eigenvalue weighted by Crippen LogP contribution is 2.32. The van der Waals surface area contributed by atoms with Crippen LogP contribution < -0.4 is 0 Å². The molecule has 23 heavy (non-hydrogen) atoms. The van der Waals surface area contributed by atoms with Crippen molar-refractivity contribution < 1.29 is 9.32 Å². The largest absolute Gasteiger partial charge is 0.337 e. The van der Waals surface area contributed by atoms with Crippen LogP contribution in [0.5, 0.6) is 0 Å². The number of nitrogens with zero attached hydrogens (tertiary/aromatic N) is 5. The zero-order valence-electron chi connectivity index (χ0n) is 13.5. The van der Waals surface area contributed by atoms with Crippen molar-refractivity contribution in [2.45, 2.75) is 58.4 Å². The van der Waals surface area contributed by atoms with Gasteiger partial charge in [-0.05, 0) is 44.1 Å². The van der Waals surface area contributed by atoms with Gasteiger partial charge in [-0.3, -0.25) is 4.79 Å². The minimum atomic E-state index is -0.138. The fraction of sp³-hybridized carbons (Fsp3) is 0.667. The van der Waals surface area contributed by atoms with Crippen LogP contribution in [0.1, 0.15) is 72.2 Å². The Kier molecular flexibility index (Phi) is 5.00. The van der Waals surface area contributed by atoms with Crippen LogP contribution >= 0.6 is 11.5 Å². The molecular weight excluding hydrogens is 314 g/mol. The van der Waals surface area contributed by atoms with Crippen LogP contribution in [0.2, 0.25) is 0 Å². The number of aryl methyl sites for hydroxylation is 2. The van der Waals surface area contributed by atoms with Gasteiger partial charge in [0.05, 0.1) is 5.69 Å². The molecule has 1 fully saturated rings. The van der Waals surface area contributed by atoms with Gasteiger partial charge in [0, 0.05) is 13.0 Å². The molecule has 7 nitrogen and oxygen atoms in total. The lowest BCUT2D eigenvalue weighted by Crippen LogP contribution is -2.38. The first-order valence-corrected chi connectivity index (χ1v) is 8.90. The third-order valence-corrected chi connectivity index (χ3v) is 4.95. The van der Waals surface area contributed by atoms with Crippen LogP contribution in [-0.2, 0) is 6.42 Å². The van der Waals surface area contributed by atoms with E-state index in [-0.39, 0.29) is 11.9 Å². The summed E-state index contributed by atoms with van der Waals surface area (Å²) in [6.45, 7) is 4.65. The molecule has 2 aromatic rings. The highest BCUT2D eigenvalue weighted by molar-refractivity contribution is 7.07. The summed E-state index contributed by atoms with van der Waals surface area (Å²) in [4.78, 5) is 19.8. The maximum absolute atomic E-state index is 12.8. The van der Waals surface area contributed by atoms with E-state index in [0.29, 0.717) is 23.0 Å². The molecule has 2 aromatic heterocycles. The Hall–Kier alpha value is -1.83. The Balaban J connectivity index is 1.80. The summed E-state index contributed by atoms with van der Waals surface area (Å²) in [6, 6.07) is -0.138. The second-order valence-electron chi connectivity index (χ2n) is 5.85. The summed E-state index contributed by atoms with van der Waals surface area (Å²) in [5.41, 5.74) is 0.679. The first-order valence-electron chi connectivity index (χ1n) is 8.13. The summed E-state index contributed by atoms with van der Waals surface area (Å²) in [7, 11) is 0. The first-order chi connectivity index (χ1) is 11.2. The van der Waals surface area contributed by atoms with Crippen LogP contribution in [-0.4, -0.2) is 37.1 Å². The normalized spacial score (nSPS) is 18.3. The van der Waals surface area contributed by atoms with E-state index in [9.17, 15) is 4.79 Å². The number of aromatic nitrogens is 4. The van der Waals surface area contributed by atoms with Gasteiger partial charge < -0.3 is 9.42 Å². The van der Waals surface area contributed by atoms with Crippen molar-refractivity contribution in [3.63, 3.8) is 0 Å². The van der Waals surface area contributed by atoms with Gasteiger partial charge in [0.15, 0.2) is 5.82 Å². The number of rotatable bonds is 5. The quantitative estimate of drug-likeness (QED) is 0.835. The van der Waals surface area contributed by atoms with Gasteiger partial charge in [-0.1, -0.05) is 23.0 Å². The molecule has 1 amide bonds. The maximum Gasteiger partial charge on any atom is 0.268 e. The third-order valence-electron chi connectivity index (χ3n) is 4.13. The standard InChI is InChI=1S/C15H21N5O2S/c1-3-4-8-12-16-14(22-18-12)11-7-5-6-9-20(11)15(21)13-10(2)17-19-23-13/h11H,3-9H2,1-2H3. The molecule has 1 aliphatic rings. The number of hydrogen-bond donors (Lipinski definition) is 0. The van der Waals surface area contributed by atoms with Gasteiger partial charge in [-0.15, -0.1) is 5.10 Å². The van der Waals surface area contributed by atoms with Crippen LogP contribution in [0.3, 0.4) is 0 Å². The van der Waals surface area contributed by atoms with E-state index in [1.165, 1.54) is 0 Å². The molecular formula is C15H21N5O2S. The number of carbonyl (C=O) groups is 1. The van der Waals surface area contributed by atoms with Crippen molar-refractivity contribution in [1.29, 1.82) is 0 Å². The predicted molar refractivity (Wildman–Crippen MR) is 85.2 cm³/mol. The van der Waals surface area contributed by atoms with Crippen molar-refractivity contribution >= 4 is 17.4 Å². The van der Waals surface area contributed by atoms with Gasteiger partial charge in [0.25, 0.3) is 5.91 Å². The SMILES string of the molecule is CCCCc1noc(C2CCCCN2C(=O)c2snnc2C)n1. The highest BCUT2D eigenvalue weighted by Gasteiger charge is 2.34. The van der Waals surface area contributed by atoms with E-state index in [2.05, 4.69) is 26.7 Å². The maximum atomic E-state index is 12.8. The number of amides is 1. The van der Waals surface area contributed by atoms with Crippen LogP contribution in [0.4, 0.5) is 0 Å². The summed E-state index contributed by atoms with van der Waals surface area (Å²) in [6.07, 6.45) is 5.85. The summed E-state index contributed by atoms with van der Waals surface area (Å²) in [5, 5.41) is 7.99. The fourth-order valence-electron chi connectivity index (χ4n) is 2.83. The van der Waals surface area contributed by atoms with Crippen LogP contribution in [0.25, 0.3) is 0 Å². The smallest absolute Gasteiger partial charge is 0.268 e. The zero-order valence-corrected chi connectivity index (χ0v) is 14.3. The van der Waals surface area contributed by atoms with E-state index in [1.54, 1.807) is 0 Å². The van der Waals surface area contributed by atoms with E-state index >= 15 is 0 Å². The number of piperidine rings is 1. The van der Waals surface area contributed by atoms with Gasteiger partial charge in [0.2, 0.25) is 5.89 Å². The van der Waals surface area contributed by atoms with Crippen molar-refractivity contribution in [3.8, 4) is 0 Å². The molecule has 1 atom stereocenters. The Morgan fingerprint density at radius 1 is 1.43 bits per heavy atom. The minimum absolute atomic E-state index is 0.0319. The highest BCUT2D eigenvalue weighted by atomic mass is 32.1. The van der Waals surface area contributed by atoms with Crippen molar-refractivity contribution in [2.75, 3.05) is 6.54 Å². The molecule has 0 aromatic carbocycles. The third kappa shape index (κ3) is 3.41. The number of likely N-dealkylation sites (tertiary alicyclic amines) is 1. The molecule has 0 bridgehead atoms. The molecule has 124 valence electrons. The Morgan fingerprint density at radius 3 is 3.04 bits per heavy atom. The Labute approximate surface area is 139 Å². The number of carbonyl (C=O) groups excluding carboxylic acids is 1. The van der Waals surface area contributed by atoms with Crippen molar-refractivity contribution in [2.24, 2.45) is 0 Å². The molecule has 3 rings (SSSR count). The van der Waals surface area contributed by atoms with Gasteiger partial charge in [-0.2, -0.15) is 4.98 Å². The molecule has 3 heterocycles. The summed E-state index contributed by atoms with van der Waals surface area (Å²) >= 11 is 1.15. The predicted octanol–water partition coefficient (Wildman–Crippen LogP) is 2.94. The lowest BCUT2D eigenvalue weighted by molar-refractivity contribution is 0.0565. The van der Waals surface area contributed by atoms with Crippen LogP contribution in [0.15, 0.2) is 4.52 Å². The van der Waals surface area contributed by atoms with E-state index in [4.69, 9.17) is 4.52 Å². The van der Waals surface area contributed by atoms with Gasteiger partial charge in [0.1, 0.15) is 10.9 Å². The van der Waals surface area contributed by atoms with Crippen molar-refractivity contribution in [1.82, 2.24) is 24.6 Å². The zero-order chi connectivity index (χ0) is 16.2. The lowest BCUT2D eigenvalue weighted by Gasteiger charge is -2.33. The molecule has 1 unspecified atom stereocenters. The molecule has 0 saturated carbocycles. The molecule has 1 saturated heterocycles. The van der Waals surface area contributed by atoms with E-state index < -0.39 is 0 Å². The first kappa shape index (κ1) is 16.0. The second kappa shape index (κ2) is 7.16. The molecule has 8 heteroatoms. The van der Waals surface area contributed by atoms with Gasteiger partial charge >= 0.3 is 0 Å². The van der Waals surface area contributed by atoms with Gasteiger partial charge in [-0.25, -0.2) is 0 Å². The molecule has 0 aliphatic carbocycles. The van der Waals surface area contributed by atoms with E-state index in [1.807, 2.05) is 11.8 Å². The van der Waals surface area contributed by atoms with Crippen molar-refractivity contribution in [3.05, 3.63) is 22.3 Å². The number of unbranched alkanes of at least 4 members (excludes halogenated alkanes) is 1. The van der Waals surface area contributed by atoms with E-state index in [0.717, 1.165) is 55.9 Å².